The smallest absolute Gasteiger partial charge is 0.279 e. The predicted molar refractivity (Wildman–Crippen MR) is 84.9 cm³/mol. The number of rotatable bonds is 9. The zero-order valence-corrected chi connectivity index (χ0v) is 13.9. The molecule has 0 saturated carbocycles. The van der Waals surface area contributed by atoms with Crippen LogP contribution in [0.4, 0.5) is 0 Å². The van der Waals surface area contributed by atoms with Crippen LogP contribution in [0.25, 0.3) is 0 Å². The summed E-state index contributed by atoms with van der Waals surface area (Å²) in [4.78, 5) is 0. The Kier molecular flexibility index (Phi) is 6.80. The number of aliphatic hydroxyl groups is 1. The summed E-state index contributed by atoms with van der Waals surface area (Å²) in [5.41, 5.74) is 0.772. The molecular formula is C15H26N2O3S. The first-order valence-electron chi connectivity index (χ1n) is 7.12. The lowest BCUT2D eigenvalue weighted by molar-refractivity contribution is 0.241. The van der Waals surface area contributed by atoms with Crippen LogP contribution >= 0.6 is 0 Å². The van der Waals surface area contributed by atoms with Gasteiger partial charge >= 0.3 is 0 Å². The van der Waals surface area contributed by atoms with E-state index in [9.17, 15) is 8.42 Å². The van der Waals surface area contributed by atoms with Crippen molar-refractivity contribution in [3.63, 3.8) is 0 Å². The number of nitrogens with one attached hydrogen (secondary N) is 1. The average Bonchev–Trinajstić information content (AvgIpc) is 2.44. The van der Waals surface area contributed by atoms with E-state index < -0.39 is 10.2 Å². The fraction of sp³-hybridized carbons (Fsp3) is 0.600. The molecule has 0 atom stereocenters. The number of aliphatic hydroxyl groups excluding tert-OH is 1. The molecule has 0 unspecified atom stereocenters. The molecule has 0 saturated heterocycles. The number of hydrogen-bond donors (Lipinski definition) is 2. The summed E-state index contributed by atoms with van der Waals surface area (Å²) in [7, 11) is -1.93. The maximum atomic E-state index is 12.2. The Balaban J connectivity index is 2.56. The second kappa shape index (κ2) is 7.89. The van der Waals surface area contributed by atoms with Gasteiger partial charge in [0.1, 0.15) is 0 Å². The molecule has 0 aliphatic rings. The number of nitrogens with zero attached hydrogens (tertiary/aromatic N) is 1. The lowest BCUT2D eigenvalue weighted by Crippen LogP contribution is -2.42. The van der Waals surface area contributed by atoms with E-state index in [0.29, 0.717) is 19.5 Å². The lowest BCUT2D eigenvalue weighted by atomic mass is 9.88. The zero-order valence-electron chi connectivity index (χ0n) is 13.0. The SMILES string of the molecule is CN(Cc1ccccc1)S(=O)(=O)NCC(C)(C)CCCO. The van der Waals surface area contributed by atoms with Crippen LogP contribution in [0.5, 0.6) is 0 Å². The Bertz CT molecular complexity index is 515. The van der Waals surface area contributed by atoms with Gasteiger partial charge in [-0.1, -0.05) is 44.2 Å². The number of benzene rings is 1. The van der Waals surface area contributed by atoms with Gasteiger partial charge in [-0.2, -0.15) is 12.7 Å². The van der Waals surface area contributed by atoms with Crippen molar-refractivity contribution in [2.24, 2.45) is 5.41 Å². The van der Waals surface area contributed by atoms with E-state index in [4.69, 9.17) is 5.11 Å². The van der Waals surface area contributed by atoms with Crippen LogP contribution in [0.15, 0.2) is 30.3 Å². The summed E-state index contributed by atoms with van der Waals surface area (Å²) in [6.07, 6.45) is 1.45. The van der Waals surface area contributed by atoms with E-state index in [0.717, 1.165) is 12.0 Å². The maximum Gasteiger partial charge on any atom is 0.279 e. The molecule has 21 heavy (non-hydrogen) atoms. The average molecular weight is 314 g/mol. The molecule has 0 spiro atoms. The standard InChI is InChI=1S/C15H26N2O3S/c1-15(2,10-7-11-18)13-16-21(19,20)17(3)12-14-8-5-4-6-9-14/h4-6,8-9,16,18H,7,10-13H2,1-3H3. The van der Waals surface area contributed by atoms with Crippen molar-refractivity contribution in [2.75, 3.05) is 20.2 Å². The second-order valence-electron chi connectivity index (χ2n) is 6.06. The molecule has 0 heterocycles. The van der Waals surface area contributed by atoms with Crippen LogP contribution in [0.3, 0.4) is 0 Å². The van der Waals surface area contributed by atoms with Gasteiger partial charge in [-0.05, 0) is 23.8 Å². The second-order valence-corrected chi connectivity index (χ2v) is 7.92. The van der Waals surface area contributed by atoms with Crippen molar-refractivity contribution in [3.05, 3.63) is 35.9 Å². The first-order valence-corrected chi connectivity index (χ1v) is 8.56. The minimum absolute atomic E-state index is 0.129. The first kappa shape index (κ1) is 18.1. The monoisotopic (exact) mass is 314 g/mol. The molecule has 0 fully saturated rings. The molecule has 0 bridgehead atoms. The van der Waals surface area contributed by atoms with Crippen LogP contribution in [-0.2, 0) is 16.8 Å². The van der Waals surface area contributed by atoms with Crippen LogP contribution in [-0.4, -0.2) is 38.0 Å². The molecular weight excluding hydrogens is 288 g/mol. The summed E-state index contributed by atoms with van der Waals surface area (Å²) in [6.45, 7) is 4.80. The molecule has 1 aromatic rings. The molecule has 0 aliphatic carbocycles. The normalized spacial score (nSPS) is 12.8. The molecule has 6 heteroatoms. The van der Waals surface area contributed by atoms with Crippen molar-refractivity contribution in [3.8, 4) is 0 Å². The summed E-state index contributed by atoms with van der Waals surface area (Å²) in [5.74, 6) is 0. The zero-order chi connectivity index (χ0) is 15.9. The molecule has 0 aromatic heterocycles. The molecule has 120 valence electrons. The molecule has 0 radical (unpaired) electrons. The molecule has 5 nitrogen and oxygen atoms in total. The minimum atomic E-state index is -3.50. The number of hydrogen-bond acceptors (Lipinski definition) is 3. The predicted octanol–water partition coefficient (Wildman–Crippen LogP) is 1.75. The summed E-state index contributed by atoms with van der Waals surface area (Å²) in [5, 5.41) is 8.86. The van der Waals surface area contributed by atoms with Gasteiger partial charge in [0.25, 0.3) is 10.2 Å². The Morgan fingerprint density at radius 2 is 1.86 bits per heavy atom. The molecule has 0 amide bonds. The van der Waals surface area contributed by atoms with Crippen LogP contribution in [0.1, 0.15) is 32.3 Å². The Labute approximate surface area is 128 Å². The van der Waals surface area contributed by atoms with Crippen molar-refractivity contribution in [1.29, 1.82) is 0 Å². The van der Waals surface area contributed by atoms with E-state index in [1.807, 2.05) is 44.2 Å². The van der Waals surface area contributed by atoms with E-state index in [-0.39, 0.29) is 12.0 Å². The van der Waals surface area contributed by atoms with Gasteiger partial charge in [0, 0.05) is 26.7 Å². The molecule has 0 aliphatic heterocycles. The maximum absolute atomic E-state index is 12.2. The minimum Gasteiger partial charge on any atom is -0.396 e. The summed E-state index contributed by atoms with van der Waals surface area (Å²) >= 11 is 0. The van der Waals surface area contributed by atoms with Gasteiger partial charge < -0.3 is 5.11 Å². The van der Waals surface area contributed by atoms with Gasteiger partial charge in [0.15, 0.2) is 0 Å². The van der Waals surface area contributed by atoms with Gasteiger partial charge in [-0.25, -0.2) is 4.72 Å². The Hall–Kier alpha value is -0.950. The van der Waals surface area contributed by atoms with Crippen molar-refractivity contribution >= 4 is 10.2 Å². The third-order valence-electron chi connectivity index (χ3n) is 3.40. The summed E-state index contributed by atoms with van der Waals surface area (Å²) < 4.78 is 28.4. The van der Waals surface area contributed by atoms with Gasteiger partial charge in [0.2, 0.25) is 0 Å². The van der Waals surface area contributed by atoms with Gasteiger partial charge in [-0.3, -0.25) is 0 Å². The highest BCUT2D eigenvalue weighted by Crippen LogP contribution is 2.21. The largest absolute Gasteiger partial charge is 0.396 e. The molecule has 1 rings (SSSR count). The van der Waals surface area contributed by atoms with E-state index in [1.54, 1.807) is 7.05 Å². The fourth-order valence-electron chi connectivity index (χ4n) is 1.97. The Morgan fingerprint density at radius 3 is 2.43 bits per heavy atom. The Morgan fingerprint density at radius 1 is 1.24 bits per heavy atom. The third-order valence-corrected chi connectivity index (χ3v) is 4.86. The van der Waals surface area contributed by atoms with E-state index in [1.165, 1.54) is 4.31 Å². The molecule has 2 N–H and O–H groups in total. The third kappa shape index (κ3) is 6.56. The molecule has 1 aromatic carbocycles. The highest BCUT2D eigenvalue weighted by atomic mass is 32.2. The van der Waals surface area contributed by atoms with E-state index in [2.05, 4.69) is 4.72 Å². The van der Waals surface area contributed by atoms with Crippen molar-refractivity contribution < 1.29 is 13.5 Å². The van der Waals surface area contributed by atoms with Gasteiger partial charge in [-0.15, -0.1) is 0 Å². The van der Waals surface area contributed by atoms with Gasteiger partial charge in [0.05, 0.1) is 0 Å². The fourth-order valence-corrected chi connectivity index (χ4v) is 3.08. The quantitative estimate of drug-likeness (QED) is 0.729. The van der Waals surface area contributed by atoms with Crippen LogP contribution in [0.2, 0.25) is 0 Å². The highest BCUT2D eigenvalue weighted by Gasteiger charge is 2.23. The highest BCUT2D eigenvalue weighted by molar-refractivity contribution is 7.87. The first-order chi connectivity index (χ1) is 9.77. The lowest BCUT2D eigenvalue weighted by Gasteiger charge is -2.26. The van der Waals surface area contributed by atoms with Crippen LogP contribution in [0, 0.1) is 5.41 Å². The van der Waals surface area contributed by atoms with Crippen molar-refractivity contribution in [1.82, 2.24) is 9.03 Å². The topological polar surface area (TPSA) is 69.6 Å². The van der Waals surface area contributed by atoms with E-state index >= 15 is 0 Å². The summed E-state index contributed by atoms with van der Waals surface area (Å²) in [6, 6.07) is 9.48. The van der Waals surface area contributed by atoms with Crippen molar-refractivity contribution in [2.45, 2.75) is 33.2 Å². The van der Waals surface area contributed by atoms with Crippen LogP contribution < -0.4 is 4.72 Å².